The van der Waals surface area contributed by atoms with Crippen molar-refractivity contribution in [2.45, 2.75) is 13.3 Å². The quantitative estimate of drug-likeness (QED) is 0.655. The summed E-state index contributed by atoms with van der Waals surface area (Å²) in [5, 5.41) is 2.82. The second-order valence-electron chi connectivity index (χ2n) is 3.36. The Bertz CT molecular complexity index is 352. The summed E-state index contributed by atoms with van der Waals surface area (Å²) in [4.78, 5) is 11.6. The Kier molecular flexibility index (Phi) is 5.04. The summed E-state index contributed by atoms with van der Waals surface area (Å²) in [6.07, 6.45) is 0.814. The fourth-order valence-corrected chi connectivity index (χ4v) is 1.66. The van der Waals surface area contributed by atoms with Gasteiger partial charge in [0.15, 0.2) is 0 Å². The van der Waals surface area contributed by atoms with E-state index in [0.717, 1.165) is 9.99 Å². The first-order valence-corrected chi connectivity index (χ1v) is 5.97. The number of amides is 1. The van der Waals surface area contributed by atoms with Gasteiger partial charge in [0.2, 0.25) is 0 Å². The van der Waals surface area contributed by atoms with Gasteiger partial charge in [-0.25, -0.2) is 0 Å². The van der Waals surface area contributed by atoms with Gasteiger partial charge in [0.25, 0.3) is 5.91 Å². The van der Waals surface area contributed by atoms with Crippen LogP contribution in [-0.4, -0.2) is 19.0 Å². The van der Waals surface area contributed by atoms with Gasteiger partial charge in [0, 0.05) is 15.7 Å². The molecule has 82 valence electrons. The Hall–Kier alpha value is -0.620. The van der Waals surface area contributed by atoms with E-state index in [4.69, 9.17) is 5.73 Å². The van der Waals surface area contributed by atoms with Crippen LogP contribution in [-0.2, 0) is 0 Å². The maximum Gasteiger partial charge on any atom is 0.251 e. The normalized spacial score (nSPS) is 10.1. The lowest BCUT2D eigenvalue weighted by molar-refractivity contribution is 0.0953. The molecule has 1 amide bonds. The van der Waals surface area contributed by atoms with Crippen LogP contribution >= 0.6 is 22.6 Å². The van der Waals surface area contributed by atoms with Gasteiger partial charge in [-0.15, -0.1) is 0 Å². The fourth-order valence-electron chi connectivity index (χ4n) is 1.14. The summed E-state index contributed by atoms with van der Waals surface area (Å²) >= 11 is 2.23. The van der Waals surface area contributed by atoms with Crippen LogP contribution in [0.25, 0.3) is 0 Å². The van der Waals surface area contributed by atoms with Gasteiger partial charge in [0.05, 0.1) is 0 Å². The van der Waals surface area contributed by atoms with Crippen LogP contribution in [0.3, 0.4) is 0 Å². The Balaban J connectivity index is 2.62. The third-order valence-electron chi connectivity index (χ3n) is 2.10. The predicted octanol–water partition coefficient (Wildman–Crippen LogP) is 1.68. The van der Waals surface area contributed by atoms with Crippen LogP contribution in [0, 0.1) is 10.5 Å². The molecule has 1 rings (SSSR count). The Morgan fingerprint density at radius 1 is 1.53 bits per heavy atom. The second kappa shape index (κ2) is 6.07. The molecule has 15 heavy (non-hydrogen) atoms. The van der Waals surface area contributed by atoms with E-state index in [0.29, 0.717) is 18.7 Å². The summed E-state index contributed by atoms with van der Waals surface area (Å²) < 4.78 is 1.11. The zero-order chi connectivity index (χ0) is 11.3. The topological polar surface area (TPSA) is 55.1 Å². The van der Waals surface area contributed by atoms with E-state index >= 15 is 0 Å². The molecule has 1 aromatic rings. The molecule has 1 aromatic carbocycles. The van der Waals surface area contributed by atoms with Crippen molar-refractivity contribution in [3.8, 4) is 0 Å². The SMILES string of the molecule is Cc1ccc(C(=O)NCCCN)cc1I. The van der Waals surface area contributed by atoms with Gasteiger partial charge in [-0.1, -0.05) is 6.07 Å². The lowest BCUT2D eigenvalue weighted by Crippen LogP contribution is -2.26. The lowest BCUT2D eigenvalue weighted by atomic mass is 10.1. The van der Waals surface area contributed by atoms with Crippen LogP contribution in [0.15, 0.2) is 18.2 Å². The van der Waals surface area contributed by atoms with Crippen molar-refractivity contribution in [3.05, 3.63) is 32.9 Å². The zero-order valence-corrected chi connectivity index (χ0v) is 10.9. The maximum absolute atomic E-state index is 11.6. The molecular weight excluding hydrogens is 303 g/mol. The smallest absolute Gasteiger partial charge is 0.251 e. The highest BCUT2D eigenvalue weighted by Crippen LogP contribution is 2.13. The van der Waals surface area contributed by atoms with Crippen LogP contribution < -0.4 is 11.1 Å². The van der Waals surface area contributed by atoms with E-state index in [-0.39, 0.29) is 5.91 Å². The van der Waals surface area contributed by atoms with Crippen molar-refractivity contribution in [2.75, 3.05) is 13.1 Å². The number of hydrogen-bond donors (Lipinski definition) is 2. The standard InChI is InChI=1S/C11H15IN2O/c1-8-3-4-9(7-10(8)12)11(15)14-6-2-5-13/h3-4,7H,2,5-6,13H2,1H3,(H,14,15). The van der Waals surface area contributed by atoms with E-state index in [1.54, 1.807) is 0 Å². The number of hydrogen-bond acceptors (Lipinski definition) is 2. The molecule has 4 heteroatoms. The second-order valence-corrected chi connectivity index (χ2v) is 4.52. The minimum Gasteiger partial charge on any atom is -0.352 e. The number of carbonyl (C=O) groups excluding carboxylic acids is 1. The number of aryl methyl sites for hydroxylation is 1. The molecule has 0 bridgehead atoms. The molecule has 0 aliphatic carbocycles. The molecule has 0 aliphatic heterocycles. The van der Waals surface area contributed by atoms with Gasteiger partial charge >= 0.3 is 0 Å². The number of nitrogens with two attached hydrogens (primary N) is 1. The van der Waals surface area contributed by atoms with Crippen molar-refractivity contribution in [2.24, 2.45) is 5.73 Å². The molecule has 0 spiro atoms. The summed E-state index contributed by atoms with van der Waals surface area (Å²) in [6, 6.07) is 5.70. The summed E-state index contributed by atoms with van der Waals surface area (Å²) in [5.74, 6) is -0.0265. The molecule has 0 heterocycles. The molecule has 3 N–H and O–H groups in total. The monoisotopic (exact) mass is 318 g/mol. The van der Waals surface area contributed by atoms with E-state index in [2.05, 4.69) is 27.9 Å². The number of nitrogens with one attached hydrogen (secondary N) is 1. The minimum absolute atomic E-state index is 0.0265. The molecule has 0 radical (unpaired) electrons. The van der Waals surface area contributed by atoms with Crippen molar-refractivity contribution in [3.63, 3.8) is 0 Å². The summed E-state index contributed by atoms with van der Waals surface area (Å²) in [6.45, 7) is 3.27. The molecule has 0 aliphatic rings. The van der Waals surface area contributed by atoms with Gasteiger partial charge in [-0.3, -0.25) is 4.79 Å². The highest BCUT2D eigenvalue weighted by atomic mass is 127. The zero-order valence-electron chi connectivity index (χ0n) is 8.72. The Morgan fingerprint density at radius 3 is 2.87 bits per heavy atom. The average Bonchev–Trinajstić information content (AvgIpc) is 2.22. The van der Waals surface area contributed by atoms with Crippen molar-refractivity contribution in [1.29, 1.82) is 0 Å². The van der Waals surface area contributed by atoms with E-state index in [9.17, 15) is 4.79 Å². The first-order valence-electron chi connectivity index (χ1n) is 4.89. The van der Waals surface area contributed by atoms with Crippen molar-refractivity contribution >= 4 is 28.5 Å². The van der Waals surface area contributed by atoms with Gasteiger partial charge in [-0.2, -0.15) is 0 Å². The molecule has 0 unspecified atom stereocenters. The van der Waals surface area contributed by atoms with Crippen molar-refractivity contribution in [1.82, 2.24) is 5.32 Å². The molecule has 0 saturated carbocycles. The predicted molar refractivity (Wildman–Crippen MR) is 69.9 cm³/mol. The largest absolute Gasteiger partial charge is 0.352 e. The molecule has 3 nitrogen and oxygen atoms in total. The van der Waals surface area contributed by atoms with E-state index in [1.807, 2.05) is 25.1 Å². The fraction of sp³-hybridized carbons (Fsp3) is 0.364. The number of benzene rings is 1. The van der Waals surface area contributed by atoms with Gasteiger partial charge in [0.1, 0.15) is 0 Å². The van der Waals surface area contributed by atoms with Crippen LogP contribution in [0.4, 0.5) is 0 Å². The van der Waals surface area contributed by atoms with Crippen molar-refractivity contribution < 1.29 is 4.79 Å². The lowest BCUT2D eigenvalue weighted by Gasteiger charge is -2.05. The van der Waals surface area contributed by atoms with Gasteiger partial charge < -0.3 is 11.1 Å². The summed E-state index contributed by atoms with van der Waals surface area (Å²) in [7, 11) is 0. The third kappa shape index (κ3) is 3.79. The molecular formula is C11H15IN2O. The molecule has 0 aromatic heterocycles. The number of rotatable bonds is 4. The highest BCUT2D eigenvalue weighted by Gasteiger charge is 2.05. The Morgan fingerprint density at radius 2 is 2.27 bits per heavy atom. The van der Waals surface area contributed by atoms with Crippen LogP contribution in [0.1, 0.15) is 22.3 Å². The Labute approximate surface area is 104 Å². The van der Waals surface area contributed by atoms with Crippen LogP contribution in [0.2, 0.25) is 0 Å². The molecule has 0 saturated heterocycles. The minimum atomic E-state index is -0.0265. The number of halogens is 1. The van der Waals surface area contributed by atoms with E-state index in [1.165, 1.54) is 5.56 Å². The van der Waals surface area contributed by atoms with E-state index < -0.39 is 0 Å². The highest BCUT2D eigenvalue weighted by molar-refractivity contribution is 14.1. The number of carbonyl (C=O) groups is 1. The molecule has 0 fully saturated rings. The first kappa shape index (κ1) is 12.4. The van der Waals surface area contributed by atoms with Crippen LogP contribution in [0.5, 0.6) is 0 Å². The third-order valence-corrected chi connectivity index (χ3v) is 3.26. The average molecular weight is 318 g/mol. The van der Waals surface area contributed by atoms with Gasteiger partial charge in [-0.05, 0) is 60.2 Å². The first-order chi connectivity index (χ1) is 7.15. The summed E-state index contributed by atoms with van der Waals surface area (Å²) in [5.41, 5.74) is 7.24. The molecule has 0 atom stereocenters. The maximum atomic E-state index is 11.6.